The summed E-state index contributed by atoms with van der Waals surface area (Å²) in [5, 5.41) is 12.2. The summed E-state index contributed by atoms with van der Waals surface area (Å²) in [6, 6.07) is 7.91. The van der Waals surface area contributed by atoms with Crippen LogP contribution in [0, 0.1) is 0 Å². The maximum Gasteiger partial charge on any atom is 0.329 e. The molecule has 23 heavy (non-hydrogen) atoms. The van der Waals surface area contributed by atoms with Gasteiger partial charge in [0.15, 0.2) is 0 Å². The summed E-state index contributed by atoms with van der Waals surface area (Å²) in [6.45, 7) is 1.26. The molecule has 1 aromatic carbocycles. The number of aliphatic carboxylic acids is 1. The quantitative estimate of drug-likeness (QED) is 0.877. The SMILES string of the molecule is O=C(CC1OCCc2ccccc21)NC1(C(=O)O)CCOCC1. The predicted molar refractivity (Wildman–Crippen MR) is 82.0 cm³/mol. The van der Waals surface area contributed by atoms with Gasteiger partial charge in [0.25, 0.3) is 0 Å². The van der Waals surface area contributed by atoms with Crippen molar-refractivity contribution < 1.29 is 24.2 Å². The fourth-order valence-corrected chi connectivity index (χ4v) is 3.24. The smallest absolute Gasteiger partial charge is 0.329 e. The van der Waals surface area contributed by atoms with Gasteiger partial charge in [0.1, 0.15) is 5.54 Å². The molecule has 0 spiro atoms. The standard InChI is InChI=1S/C17H21NO5/c19-15(18-17(16(20)21)6-9-22-10-7-17)11-14-13-4-2-1-3-12(13)5-8-23-14/h1-4,14H,5-11H2,(H,18,19)(H,20,21). The fourth-order valence-electron chi connectivity index (χ4n) is 3.24. The first kappa shape index (κ1) is 16.0. The second-order valence-corrected chi connectivity index (χ2v) is 6.06. The van der Waals surface area contributed by atoms with Crippen LogP contribution in [-0.4, -0.2) is 42.3 Å². The maximum absolute atomic E-state index is 12.4. The summed E-state index contributed by atoms with van der Waals surface area (Å²) in [4.78, 5) is 24.0. The van der Waals surface area contributed by atoms with Gasteiger partial charge >= 0.3 is 5.97 Å². The van der Waals surface area contributed by atoms with E-state index in [1.807, 2.05) is 24.3 Å². The van der Waals surface area contributed by atoms with Crippen LogP contribution in [0.15, 0.2) is 24.3 Å². The van der Waals surface area contributed by atoms with E-state index in [9.17, 15) is 14.7 Å². The molecule has 6 heteroatoms. The monoisotopic (exact) mass is 319 g/mol. The Kier molecular flexibility index (Phi) is 4.63. The van der Waals surface area contributed by atoms with Gasteiger partial charge in [0, 0.05) is 26.1 Å². The van der Waals surface area contributed by atoms with Crippen LogP contribution in [0.5, 0.6) is 0 Å². The number of fused-ring (bicyclic) bond motifs is 1. The number of ether oxygens (including phenoxy) is 2. The molecule has 2 N–H and O–H groups in total. The van der Waals surface area contributed by atoms with E-state index in [0.717, 1.165) is 12.0 Å². The molecular weight excluding hydrogens is 298 g/mol. The van der Waals surface area contributed by atoms with Gasteiger partial charge in [-0.05, 0) is 17.5 Å². The first-order chi connectivity index (χ1) is 11.1. The normalized spacial score (nSPS) is 22.9. The Bertz CT molecular complexity index is 594. The van der Waals surface area contributed by atoms with Crippen LogP contribution in [-0.2, 0) is 25.5 Å². The number of carboxylic acids is 1. The van der Waals surface area contributed by atoms with Gasteiger partial charge in [0.05, 0.1) is 19.1 Å². The minimum absolute atomic E-state index is 0.132. The number of carboxylic acid groups (broad SMARTS) is 1. The van der Waals surface area contributed by atoms with E-state index in [1.54, 1.807) is 0 Å². The van der Waals surface area contributed by atoms with Gasteiger partial charge < -0.3 is 19.9 Å². The highest BCUT2D eigenvalue weighted by atomic mass is 16.5. The van der Waals surface area contributed by atoms with Crippen molar-refractivity contribution in [2.45, 2.75) is 37.3 Å². The Morgan fingerprint density at radius 1 is 1.22 bits per heavy atom. The summed E-state index contributed by atoms with van der Waals surface area (Å²) in [5.74, 6) is -1.30. The number of hydrogen-bond donors (Lipinski definition) is 2. The Balaban J connectivity index is 1.69. The Morgan fingerprint density at radius 2 is 1.96 bits per heavy atom. The van der Waals surface area contributed by atoms with Crippen molar-refractivity contribution in [3.8, 4) is 0 Å². The highest BCUT2D eigenvalue weighted by molar-refractivity contribution is 5.87. The number of carbonyl (C=O) groups is 2. The molecular formula is C17H21NO5. The molecule has 0 radical (unpaired) electrons. The number of benzene rings is 1. The average Bonchev–Trinajstić information content (AvgIpc) is 2.56. The molecule has 1 atom stereocenters. The van der Waals surface area contributed by atoms with Crippen LogP contribution in [0.1, 0.15) is 36.5 Å². The van der Waals surface area contributed by atoms with Crippen LogP contribution in [0.2, 0.25) is 0 Å². The lowest BCUT2D eigenvalue weighted by Crippen LogP contribution is -2.57. The Morgan fingerprint density at radius 3 is 2.70 bits per heavy atom. The lowest BCUT2D eigenvalue weighted by molar-refractivity contribution is -0.152. The predicted octanol–water partition coefficient (Wildman–Crippen LogP) is 1.44. The maximum atomic E-state index is 12.4. The van der Waals surface area contributed by atoms with E-state index in [4.69, 9.17) is 9.47 Å². The summed E-state index contributed by atoms with van der Waals surface area (Å²) >= 11 is 0. The molecule has 0 aromatic heterocycles. The summed E-state index contributed by atoms with van der Waals surface area (Å²) in [6.07, 6.45) is 1.23. The molecule has 1 fully saturated rings. The van der Waals surface area contributed by atoms with Gasteiger partial charge in [0.2, 0.25) is 5.91 Å². The zero-order chi connectivity index (χ0) is 16.3. The van der Waals surface area contributed by atoms with E-state index >= 15 is 0 Å². The highest BCUT2D eigenvalue weighted by Crippen LogP contribution is 2.30. The van der Waals surface area contributed by atoms with Crippen molar-refractivity contribution in [2.24, 2.45) is 0 Å². The van der Waals surface area contributed by atoms with E-state index in [-0.39, 0.29) is 31.3 Å². The minimum Gasteiger partial charge on any atom is -0.480 e. The van der Waals surface area contributed by atoms with Crippen LogP contribution in [0.25, 0.3) is 0 Å². The second kappa shape index (κ2) is 6.68. The van der Waals surface area contributed by atoms with E-state index in [2.05, 4.69) is 5.32 Å². The Labute approximate surface area is 134 Å². The highest BCUT2D eigenvalue weighted by Gasteiger charge is 2.42. The number of hydrogen-bond acceptors (Lipinski definition) is 4. The molecule has 1 unspecified atom stereocenters. The Hall–Kier alpha value is -1.92. The third-order valence-corrected chi connectivity index (χ3v) is 4.60. The first-order valence-corrected chi connectivity index (χ1v) is 7.92. The van der Waals surface area contributed by atoms with Crippen LogP contribution in [0.4, 0.5) is 0 Å². The van der Waals surface area contributed by atoms with Crippen LogP contribution < -0.4 is 5.32 Å². The molecule has 124 valence electrons. The lowest BCUT2D eigenvalue weighted by atomic mass is 9.89. The summed E-state index contributed by atoms with van der Waals surface area (Å²) in [7, 11) is 0. The van der Waals surface area contributed by atoms with Crippen LogP contribution >= 0.6 is 0 Å². The molecule has 1 saturated heterocycles. The van der Waals surface area contributed by atoms with Gasteiger partial charge in [-0.25, -0.2) is 4.79 Å². The zero-order valence-corrected chi connectivity index (χ0v) is 12.9. The fraction of sp³-hybridized carbons (Fsp3) is 0.529. The zero-order valence-electron chi connectivity index (χ0n) is 12.9. The first-order valence-electron chi connectivity index (χ1n) is 7.92. The molecule has 0 aliphatic carbocycles. The number of rotatable bonds is 4. The second-order valence-electron chi connectivity index (χ2n) is 6.06. The largest absolute Gasteiger partial charge is 0.480 e. The molecule has 2 heterocycles. The van der Waals surface area contributed by atoms with Gasteiger partial charge in [-0.15, -0.1) is 0 Å². The van der Waals surface area contributed by atoms with E-state index in [1.165, 1.54) is 5.56 Å². The van der Waals surface area contributed by atoms with Gasteiger partial charge in [-0.2, -0.15) is 0 Å². The van der Waals surface area contributed by atoms with Crippen molar-refractivity contribution in [1.29, 1.82) is 0 Å². The topological polar surface area (TPSA) is 84.9 Å². The number of nitrogens with one attached hydrogen (secondary N) is 1. The van der Waals surface area contributed by atoms with E-state index < -0.39 is 11.5 Å². The van der Waals surface area contributed by atoms with Crippen LogP contribution in [0.3, 0.4) is 0 Å². The van der Waals surface area contributed by atoms with Crippen molar-refractivity contribution in [1.82, 2.24) is 5.32 Å². The van der Waals surface area contributed by atoms with Crippen molar-refractivity contribution in [3.05, 3.63) is 35.4 Å². The minimum atomic E-state index is -1.22. The van der Waals surface area contributed by atoms with Crippen molar-refractivity contribution in [2.75, 3.05) is 19.8 Å². The average molecular weight is 319 g/mol. The number of carbonyl (C=O) groups excluding carboxylic acids is 1. The van der Waals surface area contributed by atoms with Gasteiger partial charge in [-0.1, -0.05) is 24.3 Å². The molecule has 2 aliphatic heterocycles. The summed E-state index contributed by atoms with van der Waals surface area (Å²) < 4.78 is 10.9. The molecule has 1 amide bonds. The molecule has 6 nitrogen and oxygen atoms in total. The van der Waals surface area contributed by atoms with Crippen molar-refractivity contribution >= 4 is 11.9 Å². The molecule has 2 aliphatic rings. The number of amides is 1. The third kappa shape index (κ3) is 3.38. The molecule has 0 bridgehead atoms. The molecule has 1 aromatic rings. The summed E-state index contributed by atoms with van der Waals surface area (Å²) in [5.41, 5.74) is 0.990. The van der Waals surface area contributed by atoms with E-state index in [0.29, 0.717) is 19.8 Å². The third-order valence-electron chi connectivity index (χ3n) is 4.60. The molecule has 0 saturated carbocycles. The van der Waals surface area contributed by atoms with Crippen molar-refractivity contribution in [3.63, 3.8) is 0 Å². The van der Waals surface area contributed by atoms with Gasteiger partial charge in [-0.3, -0.25) is 4.79 Å². The lowest BCUT2D eigenvalue weighted by Gasteiger charge is -2.34. The molecule has 3 rings (SSSR count).